The maximum atomic E-state index is 16.6. The molecule has 2 saturated heterocycles. The van der Waals surface area contributed by atoms with E-state index in [1.54, 1.807) is 18.2 Å². The summed E-state index contributed by atoms with van der Waals surface area (Å²) in [4.78, 5) is 14.0. The number of aromatic hydroxyl groups is 1. The van der Waals surface area contributed by atoms with E-state index in [9.17, 15) is 5.11 Å². The number of hydrogen-bond donors (Lipinski definition) is 3. The van der Waals surface area contributed by atoms with Gasteiger partial charge in [0.2, 0.25) is 5.95 Å². The number of rotatable bonds is 7. The van der Waals surface area contributed by atoms with Gasteiger partial charge in [0.15, 0.2) is 5.82 Å². The van der Waals surface area contributed by atoms with Crippen LogP contribution in [0.4, 0.5) is 16.2 Å². The highest BCUT2D eigenvalue weighted by Gasteiger charge is 2.32. The van der Waals surface area contributed by atoms with E-state index in [0.29, 0.717) is 41.2 Å². The van der Waals surface area contributed by atoms with Crippen molar-refractivity contribution in [2.45, 2.75) is 25.3 Å². The molecule has 3 aromatic carbocycles. The number of nitrogens with zero attached hydrogens (tertiary/aromatic N) is 4. The zero-order valence-corrected chi connectivity index (χ0v) is 23.1. The van der Waals surface area contributed by atoms with E-state index in [4.69, 9.17) is 16.6 Å². The van der Waals surface area contributed by atoms with Gasteiger partial charge in [0, 0.05) is 36.6 Å². The van der Waals surface area contributed by atoms with Gasteiger partial charge in [-0.05, 0) is 86.9 Å². The molecule has 2 aliphatic heterocycles. The number of aromatic nitrogens is 2. The number of phenols is 1. The van der Waals surface area contributed by atoms with Crippen LogP contribution in [-0.4, -0.2) is 72.8 Å². The Hall–Kier alpha value is -3.20. The van der Waals surface area contributed by atoms with Crippen molar-refractivity contribution in [1.29, 1.82) is 0 Å². The summed E-state index contributed by atoms with van der Waals surface area (Å²) < 4.78 is 16.6. The van der Waals surface area contributed by atoms with E-state index >= 15 is 4.39 Å². The molecular weight excluding hydrogens is 515 g/mol. The molecular formula is C30H34ClFN6O. The number of nitrogens with one attached hydrogen (secondary N) is 2. The van der Waals surface area contributed by atoms with Crippen LogP contribution < -0.4 is 15.5 Å². The Kier molecular flexibility index (Phi) is 7.18. The number of benzene rings is 3. The van der Waals surface area contributed by atoms with Crippen molar-refractivity contribution >= 4 is 45.0 Å². The molecule has 9 heteroatoms. The molecule has 2 aliphatic rings. The van der Waals surface area contributed by atoms with E-state index in [-0.39, 0.29) is 21.9 Å². The van der Waals surface area contributed by atoms with Gasteiger partial charge in [-0.3, -0.25) is 0 Å². The molecule has 0 amide bonds. The SMILES string of the molecule is CN(C)CCCNc1nc(N2CCC3CNC(C3)C2)c2cc(Cl)c(-c3cc(O)cc4ccccc34)c(F)c2n1. The van der Waals surface area contributed by atoms with Gasteiger partial charge >= 0.3 is 0 Å². The van der Waals surface area contributed by atoms with Gasteiger partial charge in [0.1, 0.15) is 17.1 Å². The second kappa shape index (κ2) is 10.8. The van der Waals surface area contributed by atoms with Crippen LogP contribution in [0.25, 0.3) is 32.8 Å². The Labute approximate surface area is 233 Å². The summed E-state index contributed by atoms with van der Waals surface area (Å²) in [5, 5.41) is 19.9. The second-order valence-electron chi connectivity index (χ2n) is 11.1. The average molecular weight is 549 g/mol. The van der Waals surface area contributed by atoms with Crippen LogP contribution in [0, 0.1) is 11.7 Å². The first-order chi connectivity index (χ1) is 18.9. The van der Waals surface area contributed by atoms with Gasteiger partial charge in [-0.25, -0.2) is 9.37 Å². The first-order valence-electron chi connectivity index (χ1n) is 13.7. The summed E-state index contributed by atoms with van der Waals surface area (Å²) in [6.07, 6.45) is 3.12. The third-order valence-corrected chi connectivity index (χ3v) is 8.20. The molecule has 3 N–H and O–H groups in total. The minimum atomic E-state index is -0.511. The van der Waals surface area contributed by atoms with Crippen LogP contribution in [-0.2, 0) is 0 Å². The Morgan fingerprint density at radius 1 is 1.18 bits per heavy atom. The summed E-state index contributed by atoms with van der Waals surface area (Å²) in [7, 11) is 4.08. The standard InChI is InChI=1S/C30H34ClFN6O/c1-37(2)10-5-9-33-30-35-28-24(29(36-30)38-11-8-18-12-20(17-38)34-16-18)15-25(31)26(27(28)32)23-14-21(39)13-19-6-3-4-7-22(19)23/h3-4,6-7,13-15,18,20,34,39H,5,8-12,16-17H2,1-2H3,(H,33,35,36). The minimum Gasteiger partial charge on any atom is -0.508 e. The molecule has 0 radical (unpaired) electrons. The van der Waals surface area contributed by atoms with Gasteiger partial charge in [0.05, 0.1) is 5.02 Å². The van der Waals surface area contributed by atoms with Crippen molar-refractivity contribution in [3.05, 3.63) is 53.3 Å². The predicted molar refractivity (Wildman–Crippen MR) is 158 cm³/mol. The maximum absolute atomic E-state index is 16.6. The van der Waals surface area contributed by atoms with Gasteiger partial charge in [-0.2, -0.15) is 4.98 Å². The van der Waals surface area contributed by atoms with Crippen LogP contribution in [0.3, 0.4) is 0 Å². The molecule has 2 atom stereocenters. The lowest BCUT2D eigenvalue weighted by Crippen LogP contribution is -2.39. The lowest BCUT2D eigenvalue weighted by atomic mass is 9.96. The smallest absolute Gasteiger partial charge is 0.225 e. The average Bonchev–Trinajstić information content (AvgIpc) is 3.24. The fourth-order valence-electron chi connectivity index (χ4n) is 5.99. The molecule has 2 fully saturated rings. The Bertz CT molecular complexity index is 1530. The van der Waals surface area contributed by atoms with Gasteiger partial charge in [-0.1, -0.05) is 35.9 Å². The molecule has 0 spiro atoms. The Morgan fingerprint density at radius 3 is 2.87 bits per heavy atom. The van der Waals surface area contributed by atoms with Crippen LogP contribution >= 0.6 is 11.6 Å². The van der Waals surface area contributed by atoms with E-state index in [1.807, 2.05) is 38.4 Å². The summed E-state index contributed by atoms with van der Waals surface area (Å²) in [5.41, 5.74) is 0.993. The monoisotopic (exact) mass is 548 g/mol. The van der Waals surface area contributed by atoms with Crippen LogP contribution in [0.1, 0.15) is 19.3 Å². The van der Waals surface area contributed by atoms with Crippen LogP contribution in [0.5, 0.6) is 5.75 Å². The first-order valence-corrected chi connectivity index (χ1v) is 14.0. The van der Waals surface area contributed by atoms with Crippen LogP contribution in [0.15, 0.2) is 42.5 Å². The summed E-state index contributed by atoms with van der Waals surface area (Å²) in [5.74, 6) is 1.31. The zero-order valence-electron chi connectivity index (χ0n) is 22.3. The second-order valence-corrected chi connectivity index (χ2v) is 11.5. The molecule has 39 heavy (non-hydrogen) atoms. The summed E-state index contributed by atoms with van der Waals surface area (Å²) in [6.45, 7) is 4.32. The number of hydrogen-bond acceptors (Lipinski definition) is 7. The Morgan fingerprint density at radius 2 is 2.03 bits per heavy atom. The third-order valence-electron chi connectivity index (χ3n) is 7.90. The number of phenolic OH excluding ortho intramolecular Hbond substituents is 1. The minimum absolute atomic E-state index is 0.0537. The molecule has 4 aromatic rings. The van der Waals surface area contributed by atoms with Gasteiger partial charge < -0.3 is 25.5 Å². The molecule has 0 saturated carbocycles. The van der Waals surface area contributed by atoms with Gasteiger partial charge in [-0.15, -0.1) is 0 Å². The van der Waals surface area contributed by atoms with Crippen molar-refractivity contribution in [3.8, 4) is 16.9 Å². The molecule has 6 rings (SSSR count). The largest absolute Gasteiger partial charge is 0.508 e. The molecule has 7 nitrogen and oxygen atoms in total. The van der Waals surface area contributed by atoms with Crippen LogP contribution in [0.2, 0.25) is 5.02 Å². The lowest BCUT2D eigenvalue weighted by molar-refractivity contribution is 0.405. The third kappa shape index (κ3) is 5.21. The number of halogens is 2. The predicted octanol–water partition coefficient (Wildman–Crippen LogP) is 5.50. The van der Waals surface area contributed by atoms with E-state index in [1.165, 1.54) is 0 Å². The first kappa shape index (κ1) is 26.0. The summed E-state index contributed by atoms with van der Waals surface area (Å²) in [6, 6.07) is 13.0. The highest BCUT2D eigenvalue weighted by molar-refractivity contribution is 6.35. The highest BCUT2D eigenvalue weighted by Crippen LogP contribution is 2.42. The van der Waals surface area contributed by atoms with Crippen molar-refractivity contribution in [3.63, 3.8) is 0 Å². The number of fused-ring (bicyclic) bond motifs is 4. The molecule has 2 unspecified atom stereocenters. The van der Waals surface area contributed by atoms with Crippen molar-refractivity contribution in [1.82, 2.24) is 20.2 Å². The van der Waals surface area contributed by atoms with E-state index in [2.05, 4.69) is 25.4 Å². The van der Waals surface area contributed by atoms with E-state index in [0.717, 1.165) is 56.2 Å². The molecule has 2 bridgehead atoms. The molecule has 1 aromatic heterocycles. The molecule has 204 valence electrons. The topological polar surface area (TPSA) is 76.5 Å². The zero-order chi connectivity index (χ0) is 27.1. The fraction of sp³-hybridized carbons (Fsp3) is 0.400. The van der Waals surface area contributed by atoms with Crippen molar-refractivity contribution < 1.29 is 9.50 Å². The molecule has 0 aliphatic carbocycles. The quantitative estimate of drug-likeness (QED) is 0.263. The van der Waals surface area contributed by atoms with Crippen molar-refractivity contribution in [2.24, 2.45) is 5.92 Å². The maximum Gasteiger partial charge on any atom is 0.225 e. The highest BCUT2D eigenvalue weighted by atomic mass is 35.5. The normalized spacial score (nSPS) is 19.3. The van der Waals surface area contributed by atoms with E-state index < -0.39 is 5.82 Å². The fourth-order valence-corrected chi connectivity index (χ4v) is 6.29. The lowest BCUT2D eigenvalue weighted by Gasteiger charge is -2.28. The molecule has 3 heterocycles. The Balaban J connectivity index is 1.50. The van der Waals surface area contributed by atoms with Crippen molar-refractivity contribution in [2.75, 3.05) is 57.0 Å². The summed E-state index contributed by atoms with van der Waals surface area (Å²) >= 11 is 6.85. The number of anilines is 2. The van der Waals surface area contributed by atoms with Gasteiger partial charge in [0.25, 0.3) is 0 Å².